The molecule has 0 aromatic carbocycles. The highest BCUT2D eigenvalue weighted by Crippen LogP contribution is 2.11. The second kappa shape index (κ2) is 17.4. The van der Waals surface area contributed by atoms with Crippen molar-refractivity contribution < 1.29 is 15.4 Å². The van der Waals surface area contributed by atoms with Crippen molar-refractivity contribution in [1.29, 1.82) is 0 Å². The minimum Gasteiger partial charge on any atom is -0.564 e. The van der Waals surface area contributed by atoms with Crippen LogP contribution < -0.4 is 0 Å². The molecule has 0 amide bonds. The minimum atomic E-state index is -2.13. The number of hydroxylamine groups is 3. The zero-order valence-corrected chi connectivity index (χ0v) is 15.9. The maximum atomic E-state index is 10.5. The first-order valence-electron chi connectivity index (χ1n) is 10.3. The molecule has 4 heteroatoms. The quantitative estimate of drug-likeness (QED) is 0.123. The molecule has 0 aliphatic rings. The molecule has 0 saturated heterocycles. The summed E-state index contributed by atoms with van der Waals surface area (Å²) in [6.07, 6.45) is 24.3. The molecule has 0 bridgehead atoms. The molecule has 0 aromatic rings. The van der Waals surface area contributed by atoms with Gasteiger partial charge in [-0.15, -0.1) is 0 Å². The van der Waals surface area contributed by atoms with E-state index in [1.807, 2.05) is 0 Å². The van der Waals surface area contributed by atoms with Crippen LogP contribution in [0.15, 0.2) is 12.2 Å². The van der Waals surface area contributed by atoms with E-state index in [4.69, 9.17) is 10.4 Å². The molecule has 0 heterocycles. The van der Waals surface area contributed by atoms with Gasteiger partial charge in [-0.05, 0) is 32.1 Å². The third-order valence-electron chi connectivity index (χ3n) is 4.46. The van der Waals surface area contributed by atoms with Crippen LogP contribution >= 0.6 is 0 Å². The number of hydrogen-bond acceptors (Lipinski definition) is 3. The SMILES string of the molecule is CCCCCCCCC=CCCCCCCCCCC[N+]([O-])(O)O. The summed E-state index contributed by atoms with van der Waals surface area (Å²) in [6, 6.07) is 0. The zero-order valence-electron chi connectivity index (χ0n) is 15.9. The lowest BCUT2D eigenvalue weighted by molar-refractivity contribution is -1.21. The first kappa shape index (κ1) is 23.6. The van der Waals surface area contributed by atoms with Gasteiger partial charge in [0.25, 0.3) is 0 Å². The Morgan fingerprint density at radius 3 is 1.42 bits per heavy atom. The van der Waals surface area contributed by atoms with Gasteiger partial charge in [0.05, 0.1) is 0 Å². The molecule has 2 N–H and O–H groups in total. The largest absolute Gasteiger partial charge is 0.564 e. The molecule has 4 nitrogen and oxygen atoms in total. The molecule has 0 saturated carbocycles. The van der Waals surface area contributed by atoms with Crippen molar-refractivity contribution in [2.75, 3.05) is 6.54 Å². The van der Waals surface area contributed by atoms with Gasteiger partial charge in [-0.2, -0.15) is 10.4 Å². The first-order chi connectivity index (χ1) is 11.6. The van der Waals surface area contributed by atoms with E-state index in [0.717, 1.165) is 12.8 Å². The predicted molar refractivity (Wildman–Crippen MR) is 101 cm³/mol. The van der Waals surface area contributed by atoms with E-state index in [1.54, 1.807) is 0 Å². The van der Waals surface area contributed by atoms with Gasteiger partial charge in [-0.1, -0.05) is 88.3 Å². The van der Waals surface area contributed by atoms with Gasteiger partial charge >= 0.3 is 0 Å². The summed E-state index contributed by atoms with van der Waals surface area (Å²) in [7, 11) is 0. The van der Waals surface area contributed by atoms with Crippen LogP contribution in [-0.4, -0.2) is 21.9 Å². The highest BCUT2D eigenvalue weighted by molar-refractivity contribution is 4.81. The molecular weight excluding hydrogens is 302 g/mol. The maximum Gasteiger partial charge on any atom is 0.142 e. The van der Waals surface area contributed by atoms with Crippen molar-refractivity contribution in [2.45, 2.75) is 110 Å². The van der Waals surface area contributed by atoms with Crippen molar-refractivity contribution in [2.24, 2.45) is 0 Å². The van der Waals surface area contributed by atoms with Crippen LogP contribution in [0.2, 0.25) is 0 Å². The summed E-state index contributed by atoms with van der Waals surface area (Å²) in [4.78, 5) is -2.13. The second-order valence-electron chi connectivity index (χ2n) is 7.03. The molecule has 0 atom stereocenters. The van der Waals surface area contributed by atoms with Crippen LogP contribution in [0, 0.1) is 5.21 Å². The lowest BCUT2D eigenvalue weighted by Crippen LogP contribution is -2.34. The lowest BCUT2D eigenvalue weighted by atomic mass is 10.1. The molecule has 0 aromatic heterocycles. The van der Waals surface area contributed by atoms with Crippen molar-refractivity contribution in [1.82, 2.24) is 0 Å². The third kappa shape index (κ3) is 21.6. The van der Waals surface area contributed by atoms with Crippen LogP contribution in [0.3, 0.4) is 0 Å². The summed E-state index contributed by atoms with van der Waals surface area (Å²) >= 11 is 0. The van der Waals surface area contributed by atoms with Crippen molar-refractivity contribution in [3.8, 4) is 0 Å². The van der Waals surface area contributed by atoms with Gasteiger partial charge in [-0.25, -0.2) is 0 Å². The number of allylic oxidation sites excluding steroid dienone is 2. The van der Waals surface area contributed by atoms with Gasteiger partial charge in [0.15, 0.2) is 0 Å². The van der Waals surface area contributed by atoms with E-state index in [2.05, 4.69) is 19.1 Å². The summed E-state index contributed by atoms with van der Waals surface area (Å²) in [6.45, 7) is 2.14. The molecule has 0 spiro atoms. The molecule has 0 aliphatic carbocycles. The molecule has 0 rings (SSSR count). The lowest BCUT2D eigenvalue weighted by Gasteiger charge is -2.23. The van der Waals surface area contributed by atoms with Crippen LogP contribution in [0.5, 0.6) is 0 Å². The van der Waals surface area contributed by atoms with E-state index >= 15 is 0 Å². The Morgan fingerprint density at radius 2 is 1.00 bits per heavy atom. The molecule has 0 fully saturated rings. The third-order valence-corrected chi connectivity index (χ3v) is 4.46. The summed E-state index contributed by atoms with van der Waals surface area (Å²) in [5.41, 5.74) is 0. The van der Waals surface area contributed by atoms with E-state index in [-0.39, 0.29) is 6.54 Å². The van der Waals surface area contributed by atoms with E-state index < -0.39 is 4.97 Å². The van der Waals surface area contributed by atoms with Gasteiger partial charge < -0.3 is 5.21 Å². The molecule has 0 aliphatic heterocycles. The van der Waals surface area contributed by atoms with E-state index in [1.165, 1.54) is 83.5 Å². The molecular formula is C20H41NO3. The summed E-state index contributed by atoms with van der Waals surface area (Å²) < 4.78 is 0. The normalized spacial score (nSPS) is 12.3. The van der Waals surface area contributed by atoms with Crippen molar-refractivity contribution in [3.05, 3.63) is 17.4 Å². The average molecular weight is 344 g/mol. The van der Waals surface area contributed by atoms with Crippen molar-refractivity contribution >= 4 is 0 Å². The van der Waals surface area contributed by atoms with Gasteiger partial charge in [0, 0.05) is 6.42 Å². The van der Waals surface area contributed by atoms with E-state index in [9.17, 15) is 5.21 Å². The number of hydrogen-bond donors (Lipinski definition) is 2. The molecule has 0 radical (unpaired) electrons. The standard InChI is InChI=1S/C20H41NO3/c1-2-3-4-5-6-7-8-9-10-11-12-13-14-15-16-17-18-19-20-21(22,23)24/h9-10,22-23H,2-8,11-20H2,1H3. The number of rotatable bonds is 18. The number of unbranched alkanes of at least 4 members (excludes halogenated alkanes) is 14. The van der Waals surface area contributed by atoms with Gasteiger partial charge in [-0.3, -0.25) is 0 Å². The fourth-order valence-electron chi connectivity index (χ4n) is 2.92. The van der Waals surface area contributed by atoms with Crippen LogP contribution in [-0.2, 0) is 0 Å². The highest BCUT2D eigenvalue weighted by Gasteiger charge is 2.06. The Morgan fingerprint density at radius 1 is 0.625 bits per heavy atom. The smallest absolute Gasteiger partial charge is 0.142 e. The van der Waals surface area contributed by atoms with Gasteiger partial charge in [0.2, 0.25) is 0 Å². The monoisotopic (exact) mass is 343 g/mol. The summed E-state index contributed by atoms with van der Waals surface area (Å²) in [5, 5.41) is 27.7. The second-order valence-corrected chi connectivity index (χ2v) is 7.03. The Labute approximate surface area is 149 Å². The van der Waals surface area contributed by atoms with Crippen LogP contribution in [0.1, 0.15) is 110 Å². The number of quaternary nitrogens is 1. The molecule has 144 valence electrons. The van der Waals surface area contributed by atoms with Crippen molar-refractivity contribution in [3.63, 3.8) is 0 Å². The maximum absolute atomic E-state index is 10.5. The Balaban J connectivity index is 3.10. The molecule has 24 heavy (non-hydrogen) atoms. The Bertz CT molecular complexity index is 275. The van der Waals surface area contributed by atoms with Gasteiger partial charge in [0.1, 0.15) is 6.54 Å². The molecule has 0 unspecified atom stereocenters. The zero-order chi connectivity index (χ0) is 17.9. The first-order valence-corrected chi connectivity index (χ1v) is 10.3. The average Bonchev–Trinajstić information content (AvgIpc) is 2.52. The fourth-order valence-corrected chi connectivity index (χ4v) is 2.92. The minimum absolute atomic E-state index is 0.120. The predicted octanol–water partition coefficient (Wildman–Crippen LogP) is 6.90. The number of nitrogens with zero attached hydrogens (tertiary/aromatic N) is 1. The van der Waals surface area contributed by atoms with Crippen LogP contribution in [0.25, 0.3) is 0 Å². The summed E-state index contributed by atoms with van der Waals surface area (Å²) in [5.74, 6) is 0. The van der Waals surface area contributed by atoms with E-state index in [0.29, 0.717) is 6.42 Å². The Kier molecular flexibility index (Phi) is 17.1. The highest BCUT2D eigenvalue weighted by atomic mass is 17.1. The fraction of sp³-hybridized carbons (Fsp3) is 0.900. The van der Waals surface area contributed by atoms with Crippen LogP contribution in [0.4, 0.5) is 0 Å². The Hall–Kier alpha value is -0.420. The topological polar surface area (TPSA) is 63.5 Å².